The van der Waals surface area contributed by atoms with Crippen molar-refractivity contribution in [2.24, 2.45) is 0 Å². The Morgan fingerprint density at radius 3 is 2.00 bits per heavy atom. The quantitative estimate of drug-likeness (QED) is 0.411. The van der Waals surface area contributed by atoms with Gasteiger partial charge in [0.1, 0.15) is 5.75 Å². The molecule has 0 bridgehead atoms. The minimum Gasteiger partial charge on any atom is -0.494 e. The van der Waals surface area contributed by atoms with Gasteiger partial charge in [-0.2, -0.15) is 0 Å². The highest BCUT2D eigenvalue weighted by atomic mass is 16.5. The van der Waals surface area contributed by atoms with Gasteiger partial charge >= 0.3 is 5.97 Å². The van der Waals surface area contributed by atoms with Crippen LogP contribution in [0.25, 0.3) is 22.9 Å². The lowest BCUT2D eigenvalue weighted by molar-refractivity contribution is 0.0697. The summed E-state index contributed by atoms with van der Waals surface area (Å²) in [4.78, 5) is 10.9. The molecule has 1 N–H and O–H groups in total. The fraction of sp³-hybridized carbons (Fsp3) is 0.348. The first-order chi connectivity index (χ1) is 14.2. The number of aromatic nitrogens is 2. The normalized spacial score (nSPS) is 10.8. The number of carboxylic acid groups (broad SMARTS) is 1. The molecule has 0 spiro atoms. The van der Waals surface area contributed by atoms with Gasteiger partial charge in [-0.15, -0.1) is 10.2 Å². The van der Waals surface area contributed by atoms with Gasteiger partial charge < -0.3 is 14.3 Å². The Bertz CT molecular complexity index is 901. The number of carbonyl (C=O) groups is 1. The van der Waals surface area contributed by atoms with Crippen LogP contribution in [-0.2, 0) is 0 Å². The van der Waals surface area contributed by atoms with Crippen LogP contribution < -0.4 is 4.74 Å². The minimum atomic E-state index is -0.971. The van der Waals surface area contributed by atoms with Gasteiger partial charge in [0.2, 0.25) is 11.8 Å². The van der Waals surface area contributed by atoms with E-state index in [0.717, 1.165) is 24.3 Å². The van der Waals surface area contributed by atoms with E-state index in [1.54, 1.807) is 12.1 Å². The van der Waals surface area contributed by atoms with Gasteiger partial charge in [0.15, 0.2) is 0 Å². The lowest BCUT2D eigenvalue weighted by Gasteiger charge is -2.06. The van der Waals surface area contributed by atoms with Crippen molar-refractivity contribution in [2.45, 2.75) is 45.4 Å². The van der Waals surface area contributed by atoms with Crippen molar-refractivity contribution in [3.8, 4) is 28.7 Å². The molecular weight excluding hydrogens is 368 g/mol. The van der Waals surface area contributed by atoms with Gasteiger partial charge in [0, 0.05) is 11.1 Å². The third-order valence-corrected chi connectivity index (χ3v) is 4.67. The lowest BCUT2D eigenvalue weighted by Crippen LogP contribution is -1.97. The minimum absolute atomic E-state index is 0.213. The van der Waals surface area contributed by atoms with E-state index in [-0.39, 0.29) is 5.56 Å². The summed E-state index contributed by atoms with van der Waals surface area (Å²) in [6.45, 7) is 2.95. The fourth-order valence-electron chi connectivity index (χ4n) is 2.98. The first-order valence-corrected chi connectivity index (χ1v) is 10.1. The zero-order valence-electron chi connectivity index (χ0n) is 16.6. The molecular formula is C23H26N2O4. The van der Waals surface area contributed by atoms with Gasteiger partial charge in [-0.3, -0.25) is 0 Å². The van der Waals surface area contributed by atoms with E-state index in [9.17, 15) is 4.79 Å². The summed E-state index contributed by atoms with van der Waals surface area (Å²) >= 11 is 0. The molecule has 6 heteroatoms. The molecule has 6 nitrogen and oxygen atoms in total. The summed E-state index contributed by atoms with van der Waals surface area (Å²) in [5, 5.41) is 17.1. The van der Waals surface area contributed by atoms with Crippen LogP contribution >= 0.6 is 0 Å². The summed E-state index contributed by atoms with van der Waals surface area (Å²) in [5.74, 6) is 0.609. The van der Waals surface area contributed by atoms with Crippen LogP contribution in [-0.4, -0.2) is 27.9 Å². The predicted molar refractivity (Wildman–Crippen MR) is 111 cm³/mol. The van der Waals surface area contributed by atoms with Crippen molar-refractivity contribution in [2.75, 3.05) is 6.61 Å². The van der Waals surface area contributed by atoms with Gasteiger partial charge in [0.05, 0.1) is 12.2 Å². The van der Waals surface area contributed by atoms with Crippen molar-refractivity contribution in [3.63, 3.8) is 0 Å². The molecule has 0 atom stereocenters. The second kappa shape index (κ2) is 10.4. The molecule has 0 saturated heterocycles. The maximum absolute atomic E-state index is 10.9. The molecule has 0 saturated carbocycles. The number of hydrogen-bond donors (Lipinski definition) is 1. The Morgan fingerprint density at radius 1 is 0.862 bits per heavy atom. The molecule has 0 aliphatic heterocycles. The Hall–Kier alpha value is -3.15. The standard InChI is InChI=1S/C23H26N2O4/c1-2-3-4-5-6-7-16-28-20-14-12-18(13-15-20)22-25-24-21(29-22)17-8-10-19(11-9-17)23(26)27/h8-15H,2-7,16H2,1H3,(H,26,27). The predicted octanol–water partition coefficient (Wildman–Crippen LogP) is 5.84. The van der Waals surface area contributed by atoms with Gasteiger partial charge in [-0.1, -0.05) is 39.0 Å². The molecule has 1 heterocycles. The molecule has 0 aliphatic carbocycles. The first-order valence-electron chi connectivity index (χ1n) is 10.1. The maximum Gasteiger partial charge on any atom is 0.335 e. The number of rotatable bonds is 11. The van der Waals surface area contributed by atoms with Crippen LogP contribution in [0.15, 0.2) is 52.9 Å². The Labute approximate surface area is 170 Å². The molecule has 0 radical (unpaired) electrons. The van der Waals surface area contributed by atoms with E-state index in [1.165, 1.54) is 44.2 Å². The van der Waals surface area contributed by atoms with Crippen LogP contribution in [0.5, 0.6) is 5.75 Å². The third-order valence-electron chi connectivity index (χ3n) is 4.67. The smallest absolute Gasteiger partial charge is 0.335 e. The van der Waals surface area contributed by atoms with Crippen LogP contribution in [0.4, 0.5) is 0 Å². The third kappa shape index (κ3) is 5.91. The molecule has 2 aromatic carbocycles. The second-order valence-electron chi connectivity index (χ2n) is 6.94. The number of carboxylic acids is 1. The summed E-state index contributed by atoms with van der Waals surface area (Å²) in [7, 11) is 0. The maximum atomic E-state index is 10.9. The monoisotopic (exact) mass is 394 g/mol. The first kappa shape index (κ1) is 20.6. The van der Waals surface area contributed by atoms with Crippen LogP contribution in [0.1, 0.15) is 55.8 Å². The number of unbranched alkanes of at least 4 members (excludes halogenated alkanes) is 5. The molecule has 29 heavy (non-hydrogen) atoms. The fourth-order valence-corrected chi connectivity index (χ4v) is 2.98. The molecule has 3 aromatic rings. The van der Waals surface area contributed by atoms with Crippen molar-refractivity contribution in [1.29, 1.82) is 0 Å². The van der Waals surface area contributed by atoms with Crippen molar-refractivity contribution >= 4 is 5.97 Å². The number of benzene rings is 2. The highest BCUT2D eigenvalue weighted by Gasteiger charge is 2.11. The molecule has 3 rings (SSSR count). The molecule has 1 aromatic heterocycles. The molecule has 0 amide bonds. The number of hydrogen-bond acceptors (Lipinski definition) is 5. The molecule has 0 unspecified atom stereocenters. The van der Waals surface area contributed by atoms with E-state index in [2.05, 4.69) is 17.1 Å². The zero-order chi connectivity index (χ0) is 20.5. The van der Waals surface area contributed by atoms with E-state index >= 15 is 0 Å². The van der Waals surface area contributed by atoms with E-state index < -0.39 is 5.97 Å². The van der Waals surface area contributed by atoms with Crippen molar-refractivity contribution in [1.82, 2.24) is 10.2 Å². The van der Waals surface area contributed by atoms with Crippen LogP contribution in [0.2, 0.25) is 0 Å². The van der Waals surface area contributed by atoms with Crippen LogP contribution in [0.3, 0.4) is 0 Å². The van der Waals surface area contributed by atoms with Crippen molar-refractivity contribution in [3.05, 3.63) is 54.1 Å². The highest BCUT2D eigenvalue weighted by Crippen LogP contribution is 2.25. The summed E-state index contributed by atoms with van der Waals surface area (Å²) in [5.41, 5.74) is 1.69. The summed E-state index contributed by atoms with van der Waals surface area (Å²) in [6.07, 6.45) is 7.43. The van der Waals surface area contributed by atoms with E-state index in [1.807, 2.05) is 24.3 Å². The zero-order valence-corrected chi connectivity index (χ0v) is 16.6. The number of ether oxygens (including phenoxy) is 1. The van der Waals surface area contributed by atoms with E-state index in [0.29, 0.717) is 17.3 Å². The molecule has 0 aliphatic rings. The SMILES string of the molecule is CCCCCCCCOc1ccc(-c2nnc(-c3ccc(C(=O)O)cc3)o2)cc1. The van der Waals surface area contributed by atoms with Crippen molar-refractivity contribution < 1.29 is 19.1 Å². The average Bonchev–Trinajstić information content (AvgIpc) is 3.24. The van der Waals surface area contributed by atoms with Crippen LogP contribution in [0, 0.1) is 0 Å². The Morgan fingerprint density at radius 2 is 1.41 bits per heavy atom. The highest BCUT2D eigenvalue weighted by molar-refractivity contribution is 5.88. The number of nitrogens with zero attached hydrogens (tertiary/aromatic N) is 2. The van der Waals surface area contributed by atoms with Gasteiger partial charge in [-0.05, 0) is 55.0 Å². The largest absolute Gasteiger partial charge is 0.494 e. The second-order valence-corrected chi connectivity index (χ2v) is 6.94. The molecule has 152 valence electrons. The Kier molecular flexibility index (Phi) is 7.39. The van der Waals surface area contributed by atoms with Gasteiger partial charge in [-0.25, -0.2) is 4.79 Å². The average molecular weight is 394 g/mol. The van der Waals surface area contributed by atoms with E-state index in [4.69, 9.17) is 14.3 Å². The summed E-state index contributed by atoms with van der Waals surface area (Å²) < 4.78 is 11.5. The lowest BCUT2D eigenvalue weighted by atomic mass is 10.1. The molecule has 0 fully saturated rings. The van der Waals surface area contributed by atoms with Gasteiger partial charge in [0.25, 0.3) is 0 Å². The topological polar surface area (TPSA) is 85.5 Å². The Balaban J connectivity index is 1.53. The number of aromatic carboxylic acids is 1. The summed E-state index contributed by atoms with van der Waals surface area (Å²) in [6, 6.07) is 13.9.